The van der Waals surface area contributed by atoms with Crippen LogP contribution in [0.15, 0.2) is 194 Å². The van der Waals surface area contributed by atoms with E-state index in [1.165, 1.54) is 66.5 Å². The summed E-state index contributed by atoms with van der Waals surface area (Å²) < 4.78 is 0. The second kappa shape index (κ2) is 13.0. The minimum absolute atomic E-state index is 0.305. The van der Waals surface area contributed by atoms with Gasteiger partial charge in [-0.1, -0.05) is 164 Å². The zero-order chi connectivity index (χ0) is 33.3. The molecule has 0 spiro atoms. The van der Waals surface area contributed by atoms with E-state index in [1.54, 1.807) is 0 Å². The van der Waals surface area contributed by atoms with Crippen molar-refractivity contribution < 1.29 is 0 Å². The van der Waals surface area contributed by atoms with E-state index in [0.717, 1.165) is 24.2 Å². The Hall–Kier alpha value is -6.18. The molecule has 0 amide bonds. The predicted octanol–water partition coefficient (Wildman–Crippen LogP) is 13.4. The summed E-state index contributed by atoms with van der Waals surface area (Å²) in [5.41, 5.74) is 15.2. The largest absolute Gasteiger partial charge is 0.310 e. The van der Waals surface area contributed by atoms with Crippen LogP contribution in [0.3, 0.4) is 0 Å². The maximum absolute atomic E-state index is 2.47. The summed E-state index contributed by atoms with van der Waals surface area (Å²) in [5.74, 6) is 0.305. The van der Waals surface area contributed by atoms with Crippen molar-refractivity contribution in [2.75, 3.05) is 4.90 Å². The fourth-order valence-corrected chi connectivity index (χ4v) is 7.91. The zero-order valence-corrected chi connectivity index (χ0v) is 27.9. The molecule has 0 saturated carbocycles. The summed E-state index contributed by atoms with van der Waals surface area (Å²) in [6.07, 6.45) is 2.06. The molecule has 50 heavy (non-hydrogen) atoms. The number of nitrogens with zero attached hydrogens (tertiary/aromatic N) is 1. The average Bonchev–Trinajstić information content (AvgIpc) is 3.37. The molecule has 0 fully saturated rings. The van der Waals surface area contributed by atoms with Crippen molar-refractivity contribution in [1.82, 2.24) is 0 Å². The van der Waals surface area contributed by atoms with Gasteiger partial charge < -0.3 is 4.90 Å². The van der Waals surface area contributed by atoms with Crippen LogP contribution in [0.5, 0.6) is 0 Å². The van der Waals surface area contributed by atoms with Gasteiger partial charge in [-0.3, -0.25) is 0 Å². The molecule has 1 atom stereocenters. The van der Waals surface area contributed by atoms with Crippen molar-refractivity contribution in [1.29, 1.82) is 0 Å². The van der Waals surface area contributed by atoms with Crippen molar-refractivity contribution in [3.8, 4) is 33.4 Å². The Morgan fingerprint density at radius 3 is 1.56 bits per heavy atom. The Morgan fingerprint density at radius 2 is 0.940 bits per heavy atom. The smallest absolute Gasteiger partial charge is 0.0543 e. The Balaban J connectivity index is 1.27. The van der Waals surface area contributed by atoms with E-state index in [-0.39, 0.29) is 0 Å². The van der Waals surface area contributed by atoms with Gasteiger partial charge in [0, 0.05) is 22.9 Å². The molecular formula is C49H37N. The molecule has 1 heteroatoms. The van der Waals surface area contributed by atoms with Crippen LogP contribution in [0, 0.1) is 0 Å². The molecule has 1 aliphatic carbocycles. The van der Waals surface area contributed by atoms with Crippen molar-refractivity contribution >= 4 is 27.8 Å². The van der Waals surface area contributed by atoms with Gasteiger partial charge in [-0.15, -0.1) is 0 Å². The van der Waals surface area contributed by atoms with E-state index < -0.39 is 0 Å². The third-order valence-electron chi connectivity index (χ3n) is 10.3. The van der Waals surface area contributed by atoms with E-state index in [2.05, 4.69) is 199 Å². The fraction of sp³-hybridized carbons (Fsp3) is 0.0612. The Morgan fingerprint density at radius 1 is 0.400 bits per heavy atom. The summed E-state index contributed by atoms with van der Waals surface area (Å²) >= 11 is 0. The van der Waals surface area contributed by atoms with E-state index >= 15 is 0 Å². The molecule has 0 bridgehead atoms. The summed E-state index contributed by atoms with van der Waals surface area (Å²) in [6.45, 7) is 0. The quantitative estimate of drug-likeness (QED) is 0.175. The number of fused-ring (bicyclic) bond motifs is 5. The topological polar surface area (TPSA) is 3.24 Å². The Kier molecular flexibility index (Phi) is 7.80. The summed E-state index contributed by atoms with van der Waals surface area (Å²) in [4.78, 5) is 2.47. The van der Waals surface area contributed by atoms with Crippen LogP contribution in [0.2, 0.25) is 0 Å². The number of rotatable bonds is 6. The van der Waals surface area contributed by atoms with Gasteiger partial charge in [-0.05, 0) is 98.5 Å². The molecule has 1 unspecified atom stereocenters. The van der Waals surface area contributed by atoms with Crippen LogP contribution < -0.4 is 4.90 Å². The molecule has 1 nitrogen and oxygen atoms in total. The lowest BCUT2D eigenvalue weighted by Gasteiger charge is -2.30. The molecule has 0 saturated heterocycles. The molecule has 0 N–H and O–H groups in total. The van der Waals surface area contributed by atoms with Crippen molar-refractivity contribution in [2.45, 2.75) is 18.8 Å². The van der Waals surface area contributed by atoms with Crippen LogP contribution in [0.25, 0.3) is 44.2 Å². The average molecular weight is 640 g/mol. The van der Waals surface area contributed by atoms with Crippen LogP contribution >= 0.6 is 0 Å². The van der Waals surface area contributed by atoms with Gasteiger partial charge in [0.15, 0.2) is 0 Å². The van der Waals surface area contributed by atoms with Crippen molar-refractivity contribution in [3.63, 3.8) is 0 Å². The first-order valence-corrected chi connectivity index (χ1v) is 17.6. The highest BCUT2D eigenvalue weighted by molar-refractivity contribution is 6.04. The highest BCUT2D eigenvalue weighted by Crippen LogP contribution is 2.50. The first-order valence-electron chi connectivity index (χ1n) is 17.6. The van der Waals surface area contributed by atoms with E-state index in [4.69, 9.17) is 0 Å². The number of hydrogen-bond acceptors (Lipinski definition) is 1. The third-order valence-corrected chi connectivity index (χ3v) is 10.3. The number of aryl methyl sites for hydroxylation is 1. The Labute approximate surface area is 294 Å². The Bertz CT molecular complexity index is 2310. The summed E-state index contributed by atoms with van der Waals surface area (Å²) in [6, 6.07) is 71.1. The molecule has 8 aromatic carbocycles. The van der Waals surface area contributed by atoms with E-state index in [9.17, 15) is 0 Å². The summed E-state index contributed by atoms with van der Waals surface area (Å²) in [5, 5.41) is 2.58. The van der Waals surface area contributed by atoms with E-state index in [1.807, 2.05) is 0 Å². The third kappa shape index (κ3) is 5.47. The van der Waals surface area contributed by atoms with Crippen LogP contribution in [-0.2, 0) is 6.42 Å². The minimum Gasteiger partial charge on any atom is -0.310 e. The second-order valence-corrected chi connectivity index (χ2v) is 13.2. The SMILES string of the molecule is c1ccc(-c2ccc(N(c3ccc(-c4ccccc4)cc3)c3cccc4c3-c3c(ccc5ccccc35)C(c3ccccc3)CC4)cc2)cc1. The zero-order valence-electron chi connectivity index (χ0n) is 27.9. The molecule has 0 aromatic heterocycles. The van der Waals surface area contributed by atoms with Crippen LogP contribution in [0.1, 0.15) is 29.0 Å². The van der Waals surface area contributed by atoms with Gasteiger partial charge in [-0.2, -0.15) is 0 Å². The second-order valence-electron chi connectivity index (χ2n) is 13.2. The molecule has 0 aliphatic heterocycles. The first-order chi connectivity index (χ1) is 24.8. The van der Waals surface area contributed by atoms with Gasteiger partial charge in [0.1, 0.15) is 0 Å². The lowest BCUT2D eigenvalue weighted by Crippen LogP contribution is -2.12. The van der Waals surface area contributed by atoms with Gasteiger partial charge in [0.25, 0.3) is 0 Å². The molecule has 9 rings (SSSR count). The van der Waals surface area contributed by atoms with Crippen molar-refractivity contribution in [3.05, 3.63) is 211 Å². The number of hydrogen-bond donors (Lipinski definition) is 0. The standard InChI is InChI=1S/C49H37N/c1-4-13-35(14-5-1)37-23-29-42(30-24-37)50(43-31-25-38(26-32-43)36-15-6-2-7-16-36)47-22-12-20-41-28-33-44(39-17-8-3-9-18-39)46-34-27-40-19-10-11-21-45(40)49(46)48(41)47/h1-27,29-32,34,44H,28,33H2. The first kappa shape index (κ1) is 29.9. The van der Waals surface area contributed by atoms with Gasteiger partial charge >= 0.3 is 0 Å². The number of anilines is 3. The van der Waals surface area contributed by atoms with Crippen LogP contribution in [-0.4, -0.2) is 0 Å². The molecule has 0 radical (unpaired) electrons. The summed E-state index contributed by atoms with van der Waals surface area (Å²) in [7, 11) is 0. The molecule has 238 valence electrons. The van der Waals surface area contributed by atoms with Gasteiger partial charge in [-0.25, -0.2) is 0 Å². The van der Waals surface area contributed by atoms with Crippen LogP contribution in [0.4, 0.5) is 17.1 Å². The van der Waals surface area contributed by atoms with Crippen molar-refractivity contribution in [2.24, 2.45) is 0 Å². The molecular weight excluding hydrogens is 603 g/mol. The predicted molar refractivity (Wildman–Crippen MR) is 212 cm³/mol. The molecule has 1 aliphatic rings. The normalized spacial score (nSPS) is 13.6. The highest BCUT2D eigenvalue weighted by Gasteiger charge is 2.29. The van der Waals surface area contributed by atoms with Gasteiger partial charge in [0.05, 0.1) is 5.69 Å². The maximum atomic E-state index is 2.47. The minimum atomic E-state index is 0.305. The molecule has 0 heterocycles. The monoisotopic (exact) mass is 639 g/mol. The van der Waals surface area contributed by atoms with Gasteiger partial charge in [0.2, 0.25) is 0 Å². The molecule has 8 aromatic rings. The lowest BCUT2D eigenvalue weighted by atomic mass is 9.83. The number of benzene rings is 8. The maximum Gasteiger partial charge on any atom is 0.0543 e. The fourth-order valence-electron chi connectivity index (χ4n) is 7.91. The highest BCUT2D eigenvalue weighted by atomic mass is 15.1. The lowest BCUT2D eigenvalue weighted by molar-refractivity contribution is 0.726. The van der Waals surface area contributed by atoms with E-state index in [0.29, 0.717) is 5.92 Å².